The van der Waals surface area contributed by atoms with Gasteiger partial charge in [0.15, 0.2) is 9.84 Å². The van der Waals surface area contributed by atoms with Gasteiger partial charge >= 0.3 is 0 Å². The molecule has 0 bridgehead atoms. The number of halogens is 1. The molecule has 1 amide bonds. The van der Waals surface area contributed by atoms with Gasteiger partial charge < -0.3 is 14.8 Å². The molecule has 0 saturated carbocycles. The van der Waals surface area contributed by atoms with E-state index >= 15 is 0 Å². The number of sulfone groups is 1. The molecule has 37 heavy (non-hydrogen) atoms. The van der Waals surface area contributed by atoms with Crippen molar-refractivity contribution in [3.05, 3.63) is 77.4 Å². The Kier molecular flexibility index (Phi) is 6.81. The maximum atomic E-state index is 14.6. The van der Waals surface area contributed by atoms with Crippen molar-refractivity contribution in [2.75, 3.05) is 19.0 Å². The molecule has 0 atom stereocenters. The smallest absolute Gasteiger partial charge is 0.251 e. The number of fused-ring (bicyclic) bond motifs is 2. The van der Waals surface area contributed by atoms with E-state index in [1.54, 1.807) is 18.3 Å². The molecule has 1 N–H and O–H groups in total. The number of aromatic nitrogens is 3. The second kappa shape index (κ2) is 10.2. The number of nitrogens with zero attached hydrogens (tertiary/aromatic N) is 3. The zero-order valence-corrected chi connectivity index (χ0v) is 20.7. The summed E-state index contributed by atoms with van der Waals surface area (Å²) in [5, 5.41) is 3.48. The van der Waals surface area contributed by atoms with Crippen molar-refractivity contribution in [3.8, 4) is 17.3 Å². The highest BCUT2D eigenvalue weighted by atomic mass is 32.2. The number of pyridine rings is 3. The van der Waals surface area contributed by atoms with Gasteiger partial charge in [-0.25, -0.2) is 22.8 Å². The lowest BCUT2D eigenvalue weighted by atomic mass is 10.1. The Hall–Kier alpha value is -3.96. The summed E-state index contributed by atoms with van der Waals surface area (Å²) >= 11 is 0. The Labute approximate surface area is 212 Å². The lowest BCUT2D eigenvalue weighted by Crippen LogP contribution is -2.24. The van der Waals surface area contributed by atoms with Gasteiger partial charge in [-0.3, -0.25) is 9.78 Å². The SMILES string of the molecule is CCOc1cccc(-c2ccc3cnc(CNC(=O)c4cc(F)c5c(c4)S(=O)(=O)CCOC5)cc3n2)n1. The Morgan fingerprint density at radius 2 is 1.97 bits per heavy atom. The molecule has 0 unspecified atom stereocenters. The van der Waals surface area contributed by atoms with E-state index in [1.165, 1.54) is 6.07 Å². The standard InChI is InChI=1S/C26H23FN4O5S/c1-2-36-25-5-3-4-21(31-25)22-7-6-16-13-28-18(12-23(16)30-22)14-29-26(32)17-10-20(27)19-15-35-8-9-37(33,34)24(19)11-17/h3-7,10-13H,2,8-9,14-15H2,1H3,(H,29,32). The number of carbonyl (C=O) groups is 1. The van der Waals surface area contributed by atoms with E-state index in [4.69, 9.17) is 9.47 Å². The maximum absolute atomic E-state index is 14.6. The highest BCUT2D eigenvalue weighted by molar-refractivity contribution is 7.91. The predicted octanol–water partition coefficient (Wildman–Crippen LogP) is 3.46. The number of hydrogen-bond acceptors (Lipinski definition) is 8. The summed E-state index contributed by atoms with van der Waals surface area (Å²) in [6.45, 7) is 2.23. The van der Waals surface area contributed by atoms with Crippen LogP contribution >= 0.6 is 0 Å². The van der Waals surface area contributed by atoms with Crippen LogP contribution in [0.1, 0.15) is 28.5 Å². The van der Waals surface area contributed by atoms with Crippen molar-refractivity contribution in [1.82, 2.24) is 20.3 Å². The van der Waals surface area contributed by atoms with Crippen LogP contribution in [0.5, 0.6) is 5.88 Å². The number of benzene rings is 1. The summed E-state index contributed by atoms with van der Waals surface area (Å²) < 4.78 is 50.3. The number of hydrogen-bond donors (Lipinski definition) is 1. The first-order valence-corrected chi connectivity index (χ1v) is 13.3. The van der Waals surface area contributed by atoms with Crippen LogP contribution < -0.4 is 10.1 Å². The van der Waals surface area contributed by atoms with Gasteiger partial charge in [0.2, 0.25) is 5.88 Å². The minimum absolute atomic E-state index is 0.0324. The van der Waals surface area contributed by atoms with Crippen molar-refractivity contribution >= 4 is 26.6 Å². The van der Waals surface area contributed by atoms with E-state index in [-0.39, 0.29) is 41.5 Å². The van der Waals surface area contributed by atoms with E-state index < -0.39 is 21.6 Å². The highest BCUT2D eigenvalue weighted by Crippen LogP contribution is 2.26. The normalized spacial score (nSPS) is 14.5. The quantitative estimate of drug-likeness (QED) is 0.409. The average molecular weight is 523 g/mol. The molecular formula is C26H23FN4O5S. The van der Waals surface area contributed by atoms with Crippen molar-refractivity contribution in [2.24, 2.45) is 0 Å². The summed E-state index contributed by atoms with van der Waals surface area (Å²) in [5.41, 5.74) is 2.34. The molecule has 4 heterocycles. The topological polar surface area (TPSA) is 120 Å². The van der Waals surface area contributed by atoms with Gasteiger partial charge in [-0.05, 0) is 43.3 Å². The van der Waals surface area contributed by atoms with Gasteiger partial charge in [0.1, 0.15) is 5.82 Å². The van der Waals surface area contributed by atoms with Crippen LogP contribution in [0.2, 0.25) is 0 Å². The molecule has 4 aromatic rings. The average Bonchev–Trinajstić information content (AvgIpc) is 3.05. The lowest BCUT2D eigenvalue weighted by molar-refractivity contribution is 0.0949. The molecule has 9 nitrogen and oxygen atoms in total. The van der Waals surface area contributed by atoms with E-state index in [9.17, 15) is 17.6 Å². The summed E-state index contributed by atoms with van der Waals surface area (Å²) in [5.74, 6) is -1.18. The van der Waals surface area contributed by atoms with E-state index in [2.05, 4.69) is 20.3 Å². The maximum Gasteiger partial charge on any atom is 0.251 e. The van der Waals surface area contributed by atoms with Gasteiger partial charge in [-0.1, -0.05) is 6.07 Å². The summed E-state index contributed by atoms with van der Waals surface area (Å²) in [4.78, 5) is 26.1. The summed E-state index contributed by atoms with van der Waals surface area (Å²) in [6, 6.07) is 13.1. The van der Waals surface area contributed by atoms with Gasteiger partial charge in [-0.2, -0.15) is 0 Å². The molecule has 5 rings (SSSR count). The van der Waals surface area contributed by atoms with E-state index in [0.29, 0.717) is 35.1 Å². The second-order valence-corrected chi connectivity index (χ2v) is 10.4. The predicted molar refractivity (Wildman–Crippen MR) is 133 cm³/mol. The lowest BCUT2D eigenvalue weighted by Gasteiger charge is -2.11. The largest absolute Gasteiger partial charge is 0.478 e. The minimum Gasteiger partial charge on any atom is -0.478 e. The summed E-state index contributed by atoms with van der Waals surface area (Å²) in [7, 11) is -3.76. The molecule has 190 valence electrons. The summed E-state index contributed by atoms with van der Waals surface area (Å²) in [6.07, 6.45) is 1.65. The fourth-order valence-corrected chi connectivity index (χ4v) is 5.36. The van der Waals surface area contributed by atoms with Crippen LogP contribution in [0.3, 0.4) is 0 Å². The van der Waals surface area contributed by atoms with Gasteiger partial charge in [0, 0.05) is 28.8 Å². The van der Waals surface area contributed by atoms with Crippen LogP contribution in [-0.2, 0) is 27.7 Å². The van der Waals surface area contributed by atoms with Crippen LogP contribution in [0.4, 0.5) is 4.39 Å². The highest BCUT2D eigenvalue weighted by Gasteiger charge is 2.27. The molecule has 3 aromatic heterocycles. The molecule has 1 aromatic carbocycles. The number of carbonyl (C=O) groups excluding carboxylic acids is 1. The first-order valence-electron chi connectivity index (χ1n) is 11.6. The van der Waals surface area contributed by atoms with Crippen LogP contribution in [0.15, 0.2) is 59.6 Å². The first kappa shape index (κ1) is 24.7. The van der Waals surface area contributed by atoms with Crippen LogP contribution in [0, 0.1) is 5.82 Å². The Balaban J connectivity index is 1.36. The van der Waals surface area contributed by atoms with Gasteiger partial charge in [0.25, 0.3) is 5.91 Å². The zero-order chi connectivity index (χ0) is 26.0. The first-order chi connectivity index (χ1) is 17.8. The number of ether oxygens (including phenoxy) is 2. The Morgan fingerprint density at radius 1 is 1.14 bits per heavy atom. The van der Waals surface area contributed by atoms with Crippen molar-refractivity contribution in [2.45, 2.75) is 25.0 Å². The van der Waals surface area contributed by atoms with E-state index in [0.717, 1.165) is 11.5 Å². The van der Waals surface area contributed by atoms with Crippen molar-refractivity contribution in [3.63, 3.8) is 0 Å². The fourth-order valence-electron chi connectivity index (χ4n) is 3.97. The Bertz CT molecular complexity index is 1610. The van der Waals surface area contributed by atoms with Crippen molar-refractivity contribution in [1.29, 1.82) is 0 Å². The molecule has 0 fully saturated rings. The van der Waals surface area contributed by atoms with Gasteiger partial charge in [0.05, 0.1) is 59.6 Å². The third-order valence-corrected chi connectivity index (χ3v) is 7.57. The van der Waals surface area contributed by atoms with Crippen molar-refractivity contribution < 1.29 is 27.1 Å². The molecule has 0 spiro atoms. The van der Waals surface area contributed by atoms with Crippen LogP contribution in [-0.4, -0.2) is 48.2 Å². The fraction of sp³-hybridized carbons (Fsp3) is 0.231. The third kappa shape index (κ3) is 5.27. The van der Waals surface area contributed by atoms with E-state index in [1.807, 2.05) is 31.2 Å². The Morgan fingerprint density at radius 3 is 2.81 bits per heavy atom. The molecule has 0 aliphatic carbocycles. The minimum atomic E-state index is -3.76. The third-order valence-electron chi connectivity index (χ3n) is 5.83. The number of amides is 1. The second-order valence-electron chi connectivity index (χ2n) is 8.35. The molecule has 1 aliphatic rings. The molecule has 0 saturated heterocycles. The molecule has 1 aliphatic heterocycles. The zero-order valence-electron chi connectivity index (χ0n) is 19.9. The number of nitrogens with one attached hydrogen (secondary N) is 1. The molecule has 11 heteroatoms. The van der Waals surface area contributed by atoms with Gasteiger partial charge in [-0.15, -0.1) is 0 Å². The molecular weight excluding hydrogens is 499 g/mol. The molecule has 0 radical (unpaired) electrons. The van der Waals surface area contributed by atoms with Crippen LogP contribution in [0.25, 0.3) is 22.3 Å². The number of rotatable bonds is 6. The monoisotopic (exact) mass is 522 g/mol.